The number of rotatable bonds is 4. The molecule has 0 spiro atoms. The van der Waals surface area contributed by atoms with E-state index in [1.54, 1.807) is 24.5 Å². The van der Waals surface area contributed by atoms with Gasteiger partial charge in [-0.2, -0.15) is 0 Å². The summed E-state index contributed by atoms with van der Waals surface area (Å²) < 4.78 is 11.2. The van der Waals surface area contributed by atoms with E-state index >= 15 is 0 Å². The third-order valence-corrected chi connectivity index (χ3v) is 3.06. The van der Waals surface area contributed by atoms with Crippen molar-refractivity contribution in [1.29, 1.82) is 0 Å². The largest absolute Gasteiger partial charge is 0.455 e. The lowest BCUT2D eigenvalue weighted by molar-refractivity contribution is 0.110. The van der Waals surface area contributed by atoms with E-state index in [0.717, 1.165) is 16.9 Å². The zero-order valence-electron chi connectivity index (χ0n) is 11.4. The van der Waals surface area contributed by atoms with E-state index in [1.165, 1.54) is 0 Å². The molecule has 0 saturated heterocycles. The van der Waals surface area contributed by atoms with Gasteiger partial charge in [0.2, 0.25) is 0 Å². The summed E-state index contributed by atoms with van der Waals surface area (Å²) in [5, 5.41) is 0. The molecule has 0 bridgehead atoms. The monoisotopic (exact) mass is 279 g/mol. The average Bonchev–Trinajstić information content (AvgIpc) is 2.99. The molecule has 0 aliphatic carbocycles. The number of carbonyl (C=O) groups is 1. The van der Waals surface area contributed by atoms with Crippen molar-refractivity contribution in [3.63, 3.8) is 0 Å². The minimum atomic E-state index is 0.318. The van der Waals surface area contributed by atoms with Gasteiger partial charge in [-0.1, -0.05) is 0 Å². The minimum absolute atomic E-state index is 0.318. The molecule has 3 rings (SSSR count). The Morgan fingerprint density at radius 1 is 1.19 bits per heavy atom. The van der Waals surface area contributed by atoms with E-state index in [1.807, 2.05) is 37.3 Å². The van der Waals surface area contributed by atoms with Crippen LogP contribution in [0.4, 0.5) is 0 Å². The smallest absolute Gasteiger partial charge is 0.185 e. The van der Waals surface area contributed by atoms with Crippen molar-refractivity contribution in [2.75, 3.05) is 0 Å². The molecule has 104 valence electrons. The lowest BCUT2D eigenvalue weighted by Gasteiger charge is -2.09. The van der Waals surface area contributed by atoms with Gasteiger partial charge in [-0.05, 0) is 55.0 Å². The first kappa shape index (κ1) is 13.1. The van der Waals surface area contributed by atoms with Crippen LogP contribution in [-0.4, -0.2) is 11.3 Å². The first-order chi connectivity index (χ1) is 10.3. The van der Waals surface area contributed by atoms with Gasteiger partial charge in [0.25, 0.3) is 0 Å². The average molecular weight is 279 g/mol. The van der Waals surface area contributed by atoms with Gasteiger partial charge in [0.05, 0.1) is 6.20 Å². The van der Waals surface area contributed by atoms with Crippen molar-refractivity contribution < 1.29 is 13.9 Å². The zero-order chi connectivity index (χ0) is 14.7. The summed E-state index contributed by atoms with van der Waals surface area (Å²) >= 11 is 0. The molecule has 2 heterocycles. The van der Waals surface area contributed by atoms with Crippen LogP contribution in [0.2, 0.25) is 0 Å². The number of hydrogen-bond donors (Lipinski definition) is 0. The molecular weight excluding hydrogens is 266 g/mol. The van der Waals surface area contributed by atoms with E-state index in [4.69, 9.17) is 9.15 Å². The number of nitrogens with zero attached hydrogens (tertiary/aromatic N) is 1. The quantitative estimate of drug-likeness (QED) is 0.670. The van der Waals surface area contributed by atoms with Crippen molar-refractivity contribution in [2.45, 2.75) is 6.92 Å². The number of ether oxygens (including phenoxy) is 1. The highest BCUT2D eigenvalue weighted by Crippen LogP contribution is 2.29. The van der Waals surface area contributed by atoms with Crippen LogP contribution in [0.5, 0.6) is 11.5 Å². The molecule has 1 aromatic carbocycles. The highest BCUT2D eigenvalue weighted by atomic mass is 16.5. The van der Waals surface area contributed by atoms with E-state index < -0.39 is 0 Å². The van der Waals surface area contributed by atoms with Crippen molar-refractivity contribution in [2.24, 2.45) is 0 Å². The number of aldehydes is 1. The summed E-state index contributed by atoms with van der Waals surface area (Å²) in [6.45, 7) is 1.96. The zero-order valence-corrected chi connectivity index (χ0v) is 11.4. The number of pyridine rings is 1. The number of carbonyl (C=O) groups excluding carboxylic acids is 1. The van der Waals surface area contributed by atoms with Gasteiger partial charge in [0.1, 0.15) is 17.3 Å². The van der Waals surface area contributed by atoms with Crippen molar-refractivity contribution in [3.8, 4) is 22.8 Å². The molecule has 2 aromatic heterocycles. The summed E-state index contributed by atoms with van der Waals surface area (Å²) in [6, 6.07) is 12.8. The standard InChI is InChI=1S/C17H13NO3/c1-12-9-13(17-7-5-15(11-19)21-17)4-6-16(12)20-14-3-2-8-18-10-14/h2-11H,1H3. The molecule has 0 amide bonds. The predicted molar refractivity (Wildman–Crippen MR) is 78.6 cm³/mol. The van der Waals surface area contributed by atoms with Crippen LogP contribution in [0, 0.1) is 6.92 Å². The van der Waals surface area contributed by atoms with Crippen LogP contribution < -0.4 is 4.74 Å². The molecule has 4 heteroatoms. The normalized spacial score (nSPS) is 10.3. The second-order valence-corrected chi connectivity index (χ2v) is 4.59. The molecular formula is C17H13NO3. The van der Waals surface area contributed by atoms with Gasteiger partial charge in [-0.25, -0.2) is 0 Å². The third kappa shape index (κ3) is 2.84. The molecule has 21 heavy (non-hydrogen) atoms. The number of hydrogen-bond acceptors (Lipinski definition) is 4. The first-order valence-corrected chi connectivity index (χ1v) is 6.50. The first-order valence-electron chi connectivity index (χ1n) is 6.50. The number of furan rings is 1. The van der Waals surface area contributed by atoms with Crippen LogP contribution in [0.15, 0.2) is 59.3 Å². The van der Waals surface area contributed by atoms with Crippen LogP contribution in [-0.2, 0) is 0 Å². The number of benzene rings is 1. The van der Waals surface area contributed by atoms with Gasteiger partial charge in [-0.15, -0.1) is 0 Å². The fourth-order valence-electron chi connectivity index (χ4n) is 2.02. The Morgan fingerprint density at radius 2 is 2.10 bits per heavy atom. The van der Waals surface area contributed by atoms with Crippen LogP contribution >= 0.6 is 0 Å². The predicted octanol–water partition coefficient (Wildman–Crippen LogP) is 4.25. The fraction of sp³-hybridized carbons (Fsp3) is 0.0588. The van der Waals surface area contributed by atoms with Gasteiger partial charge in [-0.3, -0.25) is 9.78 Å². The summed E-state index contributed by atoms with van der Waals surface area (Å²) in [7, 11) is 0. The van der Waals surface area contributed by atoms with Gasteiger partial charge >= 0.3 is 0 Å². The Kier molecular flexibility index (Phi) is 3.51. The topological polar surface area (TPSA) is 52.3 Å². The minimum Gasteiger partial charge on any atom is -0.455 e. The Balaban J connectivity index is 1.87. The second-order valence-electron chi connectivity index (χ2n) is 4.59. The fourth-order valence-corrected chi connectivity index (χ4v) is 2.02. The third-order valence-electron chi connectivity index (χ3n) is 3.06. The molecule has 0 saturated carbocycles. The lowest BCUT2D eigenvalue weighted by Crippen LogP contribution is -1.88. The van der Waals surface area contributed by atoms with E-state index in [-0.39, 0.29) is 0 Å². The van der Waals surface area contributed by atoms with E-state index in [9.17, 15) is 4.79 Å². The van der Waals surface area contributed by atoms with Gasteiger partial charge < -0.3 is 9.15 Å². The van der Waals surface area contributed by atoms with Crippen LogP contribution in [0.1, 0.15) is 16.1 Å². The van der Waals surface area contributed by atoms with Crippen molar-refractivity contribution in [1.82, 2.24) is 4.98 Å². The molecule has 0 N–H and O–H groups in total. The van der Waals surface area contributed by atoms with Crippen LogP contribution in [0.3, 0.4) is 0 Å². The highest BCUT2D eigenvalue weighted by molar-refractivity contribution is 5.73. The molecule has 0 fully saturated rings. The van der Waals surface area contributed by atoms with Gasteiger partial charge in [0, 0.05) is 11.8 Å². The van der Waals surface area contributed by atoms with E-state index in [0.29, 0.717) is 23.6 Å². The molecule has 0 aliphatic rings. The maximum absolute atomic E-state index is 10.7. The molecule has 0 unspecified atom stereocenters. The highest BCUT2D eigenvalue weighted by Gasteiger charge is 2.08. The Morgan fingerprint density at radius 3 is 2.76 bits per heavy atom. The Bertz CT molecular complexity index is 763. The molecule has 3 aromatic rings. The summed E-state index contributed by atoms with van der Waals surface area (Å²) in [5.74, 6) is 2.43. The Hall–Kier alpha value is -2.88. The molecule has 0 atom stereocenters. The van der Waals surface area contributed by atoms with Crippen molar-refractivity contribution in [3.05, 3.63) is 66.2 Å². The molecule has 0 radical (unpaired) electrons. The summed E-state index contributed by atoms with van der Waals surface area (Å²) in [6.07, 6.45) is 4.05. The number of aryl methyl sites for hydroxylation is 1. The SMILES string of the molecule is Cc1cc(-c2ccc(C=O)o2)ccc1Oc1cccnc1. The molecule has 4 nitrogen and oxygen atoms in total. The maximum Gasteiger partial charge on any atom is 0.185 e. The molecule has 0 aliphatic heterocycles. The van der Waals surface area contributed by atoms with Gasteiger partial charge in [0.15, 0.2) is 12.0 Å². The summed E-state index contributed by atoms with van der Waals surface area (Å²) in [5.41, 5.74) is 1.87. The lowest BCUT2D eigenvalue weighted by atomic mass is 10.1. The number of aromatic nitrogens is 1. The van der Waals surface area contributed by atoms with Crippen LogP contribution in [0.25, 0.3) is 11.3 Å². The van der Waals surface area contributed by atoms with E-state index in [2.05, 4.69) is 4.98 Å². The summed E-state index contributed by atoms with van der Waals surface area (Å²) in [4.78, 5) is 14.7. The second kappa shape index (κ2) is 5.63. The Labute approximate surface area is 122 Å². The van der Waals surface area contributed by atoms with Crippen molar-refractivity contribution >= 4 is 6.29 Å². The maximum atomic E-state index is 10.7.